The van der Waals surface area contributed by atoms with Crippen LogP contribution in [0.4, 0.5) is 5.69 Å². The highest BCUT2D eigenvalue weighted by atomic mass is 16.5. The lowest BCUT2D eigenvalue weighted by atomic mass is 10.3. The standard InChI is InChI=1S/C14H14N4O/c15-8-11-2-1-7-18(11)13-6-5-12(16)14(17-13)19-9-10-3-4-10/h1-2,5-7,10H,3-4,9,16H2. The highest BCUT2D eigenvalue weighted by Crippen LogP contribution is 2.30. The molecule has 1 aliphatic rings. The van der Waals surface area contributed by atoms with Crippen LogP contribution in [0, 0.1) is 17.2 Å². The van der Waals surface area contributed by atoms with Crippen molar-refractivity contribution in [3.8, 4) is 17.8 Å². The molecule has 0 unspecified atom stereocenters. The summed E-state index contributed by atoms with van der Waals surface area (Å²) in [5.41, 5.74) is 6.91. The smallest absolute Gasteiger partial charge is 0.239 e. The van der Waals surface area contributed by atoms with Gasteiger partial charge in [-0.1, -0.05) is 0 Å². The summed E-state index contributed by atoms with van der Waals surface area (Å²) >= 11 is 0. The molecule has 2 aromatic heterocycles. The van der Waals surface area contributed by atoms with E-state index in [0.717, 1.165) is 0 Å². The van der Waals surface area contributed by atoms with Crippen LogP contribution in [0.5, 0.6) is 5.88 Å². The Balaban J connectivity index is 1.89. The van der Waals surface area contributed by atoms with Gasteiger partial charge in [0.1, 0.15) is 17.6 Å². The lowest BCUT2D eigenvalue weighted by Crippen LogP contribution is -2.06. The van der Waals surface area contributed by atoms with Gasteiger partial charge in [-0.25, -0.2) is 0 Å². The minimum atomic E-state index is 0.446. The number of nitrogens with zero attached hydrogens (tertiary/aromatic N) is 3. The molecule has 1 aliphatic carbocycles. The molecule has 19 heavy (non-hydrogen) atoms. The third kappa shape index (κ3) is 2.38. The monoisotopic (exact) mass is 254 g/mol. The minimum absolute atomic E-state index is 0.446. The zero-order valence-electron chi connectivity index (χ0n) is 10.4. The van der Waals surface area contributed by atoms with E-state index in [4.69, 9.17) is 15.7 Å². The third-order valence-corrected chi connectivity index (χ3v) is 3.14. The number of anilines is 1. The fourth-order valence-corrected chi connectivity index (χ4v) is 1.84. The van der Waals surface area contributed by atoms with E-state index in [2.05, 4.69) is 11.1 Å². The van der Waals surface area contributed by atoms with E-state index in [-0.39, 0.29) is 0 Å². The van der Waals surface area contributed by atoms with Crippen molar-refractivity contribution in [1.29, 1.82) is 5.26 Å². The molecule has 2 N–H and O–H groups in total. The second-order valence-corrected chi connectivity index (χ2v) is 4.69. The maximum absolute atomic E-state index is 9.02. The molecule has 0 spiro atoms. The zero-order valence-corrected chi connectivity index (χ0v) is 10.4. The number of pyridine rings is 1. The van der Waals surface area contributed by atoms with Crippen molar-refractivity contribution < 1.29 is 4.74 Å². The van der Waals surface area contributed by atoms with E-state index in [0.29, 0.717) is 35.6 Å². The van der Waals surface area contributed by atoms with Crippen molar-refractivity contribution in [2.24, 2.45) is 5.92 Å². The van der Waals surface area contributed by atoms with Gasteiger partial charge < -0.3 is 10.5 Å². The van der Waals surface area contributed by atoms with Crippen LogP contribution < -0.4 is 10.5 Å². The van der Waals surface area contributed by atoms with E-state index in [9.17, 15) is 0 Å². The highest BCUT2D eigenvalue weighted by molar-refractivity contribution is 5.51. The Morgan fingerprint density at radius 1 is 1.42 bits per heavy atom. The summed E-state index contributed by atoms with van der Waals surface area (Å²) in [5.74, 6) is 1.73. The van der Waals surface area contributed by atoms with Gasteiger partial charge in [-0.2, -0.15) is 10.2 Å². The van der Waals surface area contributed by atoms with Gasteiger partial charge in [0, 0.05) is 6.20 Å². The first-order chi connectivity index (χ1) is 9.28. The van der Waals surface area contributed by atoms with Gasteiger partial charge >= 0.3 is 0 Å². The summed E-state index contributed by atoms with van der Waals surface area (Å²) in [5, 5.41) is 9.02. The van der Waals surface area contributed by atoms with Crippen molar-refractivity contribution in [3.05, 3.63) is 36.2 Å². The molecule has 0 atom stereocenters. The Hall–Kier alpha value is -2.48. The second-order valence-electron chi connectivity index (χ2n) is 4.69. The van der Waals surface area contributed by atoms with Crippen molar-refractivity contribution >= 4 is 5.69 Å². The Labute approximate surface area is 111 Å². The van der Waals surface area contributed by atoms with Gasteiger partial charge in [0.2, 0.25) is 5.88 Å². The van der Waals surface area contributed by atoms with Gasteiger partial charge in [0.25, 0.3) is 0 Å². The summed E-state index contributed by atoms with van der Waals surface area (Å²) in [6.45, 7) is 0.664. The van der Waals surface area contributed by atoms with E-state index in [1.54, 1.807) is 35.0 Å². The fraction of sp³-hybridized carbons (Fsp3) is 0.286. The number of hydrogen-bond acceptors (Lipinski definition) is 4. The Morgan fingerprint density at radius 2 is 2.26 bits per heavy atom. The Bertz CT molecular complexity index is 637. The number of nitrogens with two attached hydrogens (primary N) is 1. The predicted molar refractivity (Wildman–Crippen MR) is 70.9 cm³/mol. The Morgan fingerprint density at radius 3 is 3.00 bits per heavy atom. The minimum Gasteiger partial charge on any atom is -0.476 e. The quantitative estimate of drug-likeness (QED) is 0.906. The first kappa shape index (κ1) is 11.6. The van der Waals surface area contributed by atoms with Crippen LogP contribution in [0.2, 0.25) is 0 Å². The molecule has 2 heterocycles. The van der Waals surface area contributed by atoms with Crippen LogP contribution in [-0.2, 0) is 0 Å². The molecular weight excluding hydrogens is 240 g/mol. The molecule has 0 saturated heterocycles. The number of hydrogen-bond donors (Lipinski definition) is 1. The van der Waals surface area contributed by atoms with Crippen LogP contribution in [0.3, 0.4) is 0 Å². The number of rotatable bonds is 4. The number of nitrogen functional groups attached to an aromatic ring is 1. The van der Waals surface area contributed by atoms with E-state index in [1.807, 2.05) is 0 Å². The summed E-state index contributed by atoms with van der Waals surface area (Å²) in [4.78, 5) is 4.39. The molecule has 0 aromatic carbocycles. The van der Waals surface area contributed by atoms with Crippen LogP contribution in [-0.4, -0.2) is 16.2 Å². The van der Waals surface area contributed by atoms with Gasteiger partial charge in [-0.3, -0.25) is 4.57 Å². The van der Waals surface area contributed by atoms with Crippen molar-refractivity contribution in [1.82, 2.24) is 9.55 Å². The zero-order chi connectivity index (χ0) is 13.2. The van der Waals surface area contributed by atoms with Gasteiger partial charge in [0.15, 0.2) is 0 Å². The molecular formula is C14H14N4O. The molecule has 2 aromatic rings. The maximum Gasteiger partial charge on any atom is 0.239 e. The summed E-state index contributed by atoms with van der Waals surface area (Å²) in [6.07, 6.45) is 4.23. The molecule has 0 amide bonds. The van der Waals surface area contributed by atoms with E-state index in [1.165, 1.54) is 12.8 Å². The number of aromatic nitrogens is 2. The maximum atomic E-state index is 9.02. The Kier molecular flexibility index (Phi) is 2.84. The van der Waals surface area contributed by atoms with E-state index < -0.39 is 0 Å². The molecule has 0 radical (unpaired) electrons. The topological polar surface area (TPSA) is 76.9 Å². The summed E-state index contributed by atoms with van der Waals surface area (Å²) in [7, 11) is 0. The first-order valence-corrected chi connectivity index (χ1v) is 6.25. The van der Waals surface area contributed by atoms with Crippen LogP contribution >= 0.6 is 0 Å². The molecule has 96 valence electrons. The predicted octanol–water partition coefficient (Wildman–Crippen LogP) is 2.11. The lowest BCUT2D eigenvalue weighted by molar-refractivity contribution is 0.290. The summed E-state index contributed by atoms with van der Waals surface area (Å²) < 4.78 is 7.35. The average Bonchev–Trinajstić information content (AvgIpc) is 3.13. The molecule has 5 nitrogen and oxygen atoms in total. The molecule has 1 saturated carbocycles. The lowest BCUT2D eigenvalue weighted by Gasteiger charge is -2.10. The van der Waals surface area contributed by atoms with Crippen LogP contribution in [0.1, 0.15) is 18.5 Å². The normalized spacial score (nSPS) is 14.1. The molecule has 3 rings (SSSR count). The molecule has 5 heteroatoms. The largest absolute Gasteiger partial charge is 0.476 e. The van der Waals surface area contributed by atoms with Crippen molar-refractivity contribution in [2.45, 2.75) is 12.8 Å². The number of ether oxygens (including phenoxy) is 1. The summed E-state index contributed by atoms with van der Waals surface area (Å²) in [6, 6.07) is 9.20. The average molecular weight is 254 g/mol. The van der Waals surface area contributed by atoms with Crippen LogP contribution in [0.15, 0.2) is 30.5 Å². The van der Waals surface area contributed by atoms with Crippen molar-refractivity contribution in [3.63, 3.8) is 0 Å². The van der Waals surface area contributed by atoms with Gasteiger partial charge in [-0.05, 0) is 43.0 Å². The molecule has 0 aliphatic heterocycles. The SMILES string of the molecule is N#Cc1cccn1-c1ccc(N)c(OCC2CC2)n1. The molecule has 0 bridgehead atoms. The molecule has 1 fully saturated rings. The van der Waals surface area contributed by atoms with Crippen molar-refractivity contribution in [2.75, 3.05) is 12.3 Å². The first-order valence-electron chi connectivity index (χ1n) is 6.25. The fourth-order valence-electron chi connectivity index (χ4n) is 1.84. The van der Waals surface area contributed by atoms with Crippen LogP contribution in [0.25, 0.3) is 5.82 Å². The number of nitriles is 1. The highest BCUT2D eigenvalue weighted by Gasteiger charge is 2.22. The van der Waals surface area contributed by atoms with Gasteiger partial charge in [-0.15, -0.1) is 0 Å². The second kappa shape index (κ2) is 4.65. The van der Waals surface area contributed by atoms with E-state index >= 15 is 0 Å². The van der Waals surface area contributed by atoms with Gasteiger partial charge in [0.05, 0.1) is 12.3 Å². The third-order valence-electron chi connectivity index (χ3n) is 3.14.